The molecule has 0 aromatic heterocycles. The Morgan fingerprint density at radius 3 is 2.62 bits per heavy atom. The van der Waals surface area contributed by atoms with Crippen molar-refractivity contribution >= 4 is 23.5 Å². The van der Waals surface area contributed by atoms with Crippen molar-refractivity contribution in [2.75, 3.05) is 0 Å². The Balaban J connectivity index is 3.06. The molecule has 0 heterocycles. The van der Waals surface area contributed by atoms with E-state index in [4.69, 9.17) is 10.8 Å². The molecule has 16 heavy (non-hydrogen) atoms. The third kappa shape index (κ3) is 2.54. The fourth-order valence-electron chi connectivity index (χ4n) is 0.881. The van der Waals surface area contributed by atoms with Gasteiger partial charge in [-0.25, -0.2) is 4.39 Å². The van der Waals surface area contributed by atoms with Crippen LogP contribution in [0.5, 0.6) is 11.5 Å². The van der Waals surface area contributed by atoms with E-state index in [1.807, 2.05) is 0 Å². The summed E-state index contributed by atoms with van der Waals surface area (Å²) >= 11 is 4.42. The van der Waals surface area contributed by atoms with Crippen LogP contribution >= 0.6 is 12.2 Å². The first-order chi connectivity index (χ1) is 7.43. The lowest BCUT2D eigenvalue weighted by Crippen LogP contribution is -2.24. The summed E-state index contributed by atoms with van der Waals surface area (Å²) in [6.07, 6.45) is 0.903. The number of hydrogen-bond acceptors (Lipinski definition) is 4. The summed E-state index contributed by atoms with van der Waals surface area (Å²) in [6.45, 7) is 0. The summed E-state index contributed by atoms with van der Waals surface area (Å²) in [5, 5.41) is 21.3. The van der Waals surface area contributed by atoms with Gasteiger partial charge in [0, 0.05) is 5.56 Å². The number of nitrogens with two attached hydrogens (primary N) is 1. The summed E-state index contributed by atoms with van der Waals surface area (Å²) in [6, 6.07) is 0.707. The minimum Gasteiger partial charge on any atom is -0.504 e. The number of thiocarbonyl (C=S) groups is 1. The number of aromatic hydroxyl groups is 2. The van der Waals surface area contributed by atoms with E-state index in [0.29, 0.717) is 6.07 Å². The predicted octanol–water partition coefficient (Wildman–Crippen LogP) is 0.543. The average Bonchev–Trinajstić information content (AvgIpc) is 2.22. The van der Waals surface area contributed by atoms with Gasteiger partial charge in [0.2, 0.25) is 5.82 Å². The van der Waals surface area contributed by atoms with E-state index in [-0.39, 0.29) is 10.7 Å². The fourth-order valence-corrected chi connectivity index (χ4v) is 0.934. The lowest BCUT2D eigenvalue weighted by atomic mass is 10.2. The second kappa shape index (κ2) is 4.71. The van der Waals surface area contributed by atoms with Gasteiger partial charge in [-0.2, -0.15) is 9.49 Å². The molecule has 0 unspecified atom stereocenters. The molecule has 1 rings (SSSR count). The normalized spacial score (nSPS) is 10.6. The highest BCUT2D eigenvalue weighted by molar-refractivity contribution is 7.80. The van der Waals surface area contributed by atoms with Crippen LogP contribution in [0.2, 0.25) is 0 Å². The molecule has 0 atom stereocenters. The van der Waals surface area contributed by atoms with E-state index in [9.17, 15) is 13.9 Å². The number of halogens is 2. The van der Waals surface area contributed by atoms with Gasteiger partial charge in [0.1, 0.15) is 0 Å². The second-order valence-electron chi connectivity index (χ2n) is 2.69. The van der Waals surface area contributed by atoms with Crippen molar-refractivity contribution in [2.45, 2.75) is 0 Å². The molecule has 0 radical (unpaired) electrons. The zero-order valence-electron chi connectivity index (χ0n) is 7.74. The molecule has 5 N–H and O–H groups in total. The number of nitrogens with zero attached hydrogens (tertiary/aromatic N) is 1. The summed E-state index contributed by atoms with van der Waals surface area (Å²) in [7, 11) is 0. The summed E-state index contributed by atoms with van der Waals surface area (Å²) in [5.74, 6) is -4.85. The molecule has 86 valence electrons. The zero-order valence-corrected chi connectivity index (χ0v) is 8.55. The number of phenols is 2. The van der Waals surface area contributed by atoms with Crippen molar-refractivity contribution < 1.29 is 19.0 Å². The zero-order chi connectivity index (χ0) is 12.3. The number of benzene rings is 1. The summed E-state index contributed by atoms with van der Waals surface area (Å²) in [5.41, 5.74) is 6.90. The Bertz CT molecular complexity index is 465. The van der Waals surface area contributed by atoms with Crippen LogP contribution in [0.15, 0.2) is 11.2 Å². The van der Waals surface area contributed by atoms with Gasteiger partial charge in [0.25, 0.3) is 0 Å². The van der Waals surface area contributed by atoms with Crippen LogP contribution in [0.1, 0.15) is 5.56 Å². The van der Waals surface area contributed by atoms with Crippen LogP contribution in [0, 0.1) is 11.6 Å². The molecule has 1 aromatic rings. The van der Waals surface area contributed by atoms with Gasteiger partial charge in [0.05, 0.1) is 6.21 Å². The van der Waals surface area contributed by atoms with Gasteiger partial charge in [-0.3, -0.25) is 5.43 Å². The molecule has 0 saturated carbocycles. The largest absolute Gasteiger partial charge is 0.504 e. The number of hydrazone groups is 1. The highest BCUT2D eigenvalue weighted by Crippen LogP contribution is 2.30. The van der Waals surface area contributed by atoms with Crippen molar-refractivity contribution in [3.8, 4) is 11.5 Å². The van der Waals surface area contributed by atoms with Crippen LogP contribution in [0.25, 0.3) is 0 Å². The molecule has 0 aliphatic carbocycles. The molecule has 1 aromatic carbocycles. The van der Waals surface area contributed by atoms with E-state index in [1.165, 1.54) is 0 Å². The first-order valence-electron chi connectivity index (χ1n) is 3.92. The maximum Gasteiger partial charge on any atom is 0.210 e. The third-order valence-electron chi connectivity index (χ3n) is 1.58. The lowest BCUT2D eigenvalue weighted by Gasteiger charge is -2.03. The minimum atomic E-state index is -1.46. The van der Waals surface area contributed by atoms with E-state index in [0.717, 1.165) is 6.21 Å². The number of hydrogen-bond donors (Lipinski definition) is 4. The first kappa shape index (κ1) is 12.1. The van der Waals surface area contributed by atoms with Gasteiger partial charge in [-0.15, -0.1) is 0 Å². The molecule has 8 heteroatoms. The Morgan fingerprint density at radius 2 is 2.06 bits per heavy atom. The van der Waals surface area contributed by atoms with Gasteiger partial charge < -0.3 is 15.9 Å². The SMILES string of the molecule is NC(=S)NN=Cc1cc(F)c(O)c(F)c1O. The van der Waals surface area contributed by atoms with Crippen LogP contribution in [-0.4, -0.2) is 21.5 Å². The van der Waals surface area contributed by atoms with Gasteiger partial charge in [-0.1, -0.05) is 0 Å². The van der Waals surface area contributed by atoms with E-state index < -0.39 is 23.1 Å². The van der Waals surface area contributed by atoms with Crippen molar-refractivity contribution in [3.63, 3.8) is 0 Å². The number of rotatable bonds is 2. The Morgan fingerprint density at radius 1 is 1.44 bits per heavy atom. The number of nitrogens with one attached hydrogen (secondary N) is 1. The maximum absolute atomic E-state index is 13.0. The topological polar surface area (TPSA) is 90.9 Å². The van der Waals surface area contributed by atoms with E-state index in [1.54, 1.807) is 0 Å². The molecular weight excluding hydrogens is 240 g/mol. The highest BCUT2D eigenvalue weighted by atomic mass is 32.1. The molecule has 0 amide bonds. The second-order valence-corrected chi connectivity index (χ2v) is 3.13. The summed E-state index contributed by atoms with van der Waals surface area (Å²) in [4.78, 5) is 0. The standard InChI is InChI=1S/C8H7F2N3O2S/c9-4-1-3(2-12-13-8(11)16)6(14)5(10)7(4)15/h1-2,14-15H,(H3,11,13,16). The third-order valence-corrected chi connectivity index (χ3v) is 1.67. The molecule has 0 aliphatic rings. The van der Waals surface area contributed by atoms with Crippen molar-refractivity contribution in [3.05, 3.63) is 23.3 Å². The van der Waals surface area contributed by atoms with E-state index >= 15 is 0 Å². The number of phenolic OH excluding ortho intramolecular Hbond substituents is 2. The minimum absolute atomic E-state index is 0.143. The van der Waals surface area contributed by atoms with Gasteiger partial charge in [-0.05, 0) is 18.3 Å². The maximum atomic E-state index is 13.0. The van der Waals surface area contributed by atoms with Gasteiger partial charge >= 0.3 is 0 Å². The quantitative estimate of drug-likeness (QED) is 0.348. The van der Waals surface area contributed by atoms with Crippen molar-refractivity contribution in [2.24, 2.45) is 10.8 Å². The van der Waals surface area contributed by atoms with Crippen molar-refractivity contribution in [1.29, 1.82) is 0 Å². The Kier molecular flexibility index (Phi) is 3.56. The molecular formula is C8H7F2N3O2S. The van der Waals surface area contributed by atoms with Crippen LogP contribution in [0.3, 0.4) is 0 Å². The fraction of sp³-hybridized carbons (Fsp3) is 0. The van der Waals surface area contributed by atoms with Crippen LogP contribution in [-0.2, 0) is 0 Å². The highest BCUT2D eigenvalue weighted by Gasteiger charge is 2.16. The smallest absolute Gasteiger partial charge is 0.210 e. The van der Waals surface area contributed by atoms with Crippen LogP contribution in [0.4, 0.5) is 8.78 Å². The van der Waals surface area contributed by atoms with Crippen LogP contribution < -0.4 is 11.2 Å². The van der Waals surface area contributed by atoms with Gasteiger partial charge in [0.15, 0.2) is 22.4 Å². The monoisotopic (exact) mass is 247 g/mol. The first-order valence-corrected chi connectivity index (χ1v) is 4.32. The van der Waals surface area contributed by atoms with E-state index in [2.05, 4.69) is 22.7 Å². The molecule has 0 saturated heterocycles. The molecule has 0 aliphatic heterocycles. The molecule has 0 fully saturated rings. The Hall–Kier alpha value is -1.96. The molecule has 5 nitrogen and oxygen atoms in total. The lowest BCUT2D eigenvalue weighted by molar-refractivity contribution is 0.366. The summed E-state index contributed by atoms with van der Waals surface area (Å²) < 4.78 is 25.8. The molecule has 0 bridgehead atoms. The molecule has 0 spiro atoms. The van der Waals surface area contributed by atoms with Crippen molar-refractivity contribution in [1.82, 2.24) is 5.43 Å². The average molecular weight is 247 g/mol. The Labute approximate surface area is 94.2 Å². The predicted molar refractivity (Wildman–Crippen MR) is 57.2 cm³/mol.